The number of anilines is 1. The molecule has 10 nitrogen and oxygen atoms in total. The van der Waals surface area contributed by atoms with Crippen molar-refractivity contribution in [2.24, 2.45) is 4.99 Å². The van der Waals surface area contributed by atoms with Crippen LogP contribution in [-0.2, 0) is 4.79 Å². The maximum atomic E-state index is 12.2. The van der Waals surface area contributed by atoms with E-state index in [1.807, 2.05) is 6.07 Å². The minimum Gasteiger partial charge on any atom is -0.495 e. The third-order valence-electron chi connectivity index (χ3n) is 4.73. The number of hydrogen-bond acceptors (Lipinski definition) is 8. The van der Waals surface area contributed by atoms with E-state index in [1.165, 1.54) is 7.11 Å². The molecule has 0 unspecified atom stereocenters. The average Bonchev–Trinajstić information content (AvgIpc) is 3.31. The number of hydrogen-bond donors (Lipinski definition) is 2. The van der Waals surface area contributed by atoms with Crippen LogP contribution in [0.15, 0.2) is 35.3 Å². The highest BCUT2D eigenvalue weighted by Gasteiger charge is 2.20. The largest absolute Gasteiger partial charge is 0.495 e. The zero-order valence-corrected chi connectivity index (χ0v) is 18.4. The van der Waals surface area contributed by atoms with E-state index >= 15 is 0 Å². The summed E-state index contributed by atoms with van der Waals surface area (Å²) in [5.74, 6) is 1.79. The summed E-state index contributed by atoms with van der Waals surface area (Å²) >= 11 is 0. The molecule has 3 rings (SSSR count). The van der Waals surface area contributed by atoms with Crippen molar-refractivity contribution in [3.63, 3.8) is 0 Å². The summed E-state index contributed by atoms with van der Waals surface area (Å²) in [6.45, 7) is 3.73. The fourth-order valence-electron chi connectivity index (χ4n) is 3.20. The molecule has 32 heavy (non-hydrogen) atoms. The van der Waals surface area contributed by atoms with Gasteiger partial charge in [0.1, 0.15) is 17.1 Å². The molecule has 0 radical (unpaired) electrons. The standard InChI is InChI=1S/C22H25N5O5/c1-23-9-8-19(28)24-15-10-13(6-7-16(15)29-2)20-21(26-27-25-20)14-11-17(30-3)22(32-5)18(12-14)31-4/h6-7,10-12H,1,8-9H2,2-5H3,(H,24,28)(H,25,26,27). The van der Waals surface area contributed by atoms with Crippen molar-refractivity contribution in [2.75, 3.05) is 40.3 Å². The lowest BCUT2D eigenvalue weighted by molar-refractivity contribution is -0.116. The molecule has 168 valence electrons. The lowest BCUT2D eigenvalue weighted by Crippen LogP contribution is -2.13. The highest BCUT2D eigenvalue weighted by atomic mass is 16.5. The molecule has 0 aliphatic heterocycles. The number of ether oxygens (including phenoxy) is 4. The van der Waals surface area contributed by atoms with Crippen LogP contribution >= 0.6 is 0 Å². The fourth-order valence-corrected chi connectivity index (χ4v) is 3.20. The second kappa shape index (κ2) is 10.3. The molecule has 0 bridgehead atoms. The van der Waals surface area contributed by atoms with Crippen molar-refractivity contribution in [1.82, 2.24) is 15.4 Å². The smallest absolute Gasteiger partial charge is 0.226 e. The normalized spacial score (nSPS) is 10.4. The van der Waals surface area contributed by atoms with Gasteiger partial charge in [0.15, 0.2) is 11.5 Å². The molecule has 0 aliphatic rings. The molecule has 3 aromatic rings. The number of amides is 1. The first-order valence-electron chi connectivity index (χ1n) is 9.68. The molecule has 1 aromatic heterocycles. The summed E-state index contributed by atoms with van der Waals surface area (Å²) in [6, 6.07) is 8.94. The zero-order valence-electron chi connectivity index (χ0n) is 18.4. The van der Waals surface area contributed by atoms with Crippen LogP contribution in [-0.4, -0.2) is 63.0 Å². The van der Waals surface area contributed by atoms with Crippen molar-refractivity contribution >= 4 is 18.3 Å². The number of methoxy groups -OCH3 is 4. The van der Waals surface area contributed by atoms with E-state index < -0.39 is 0 Å². The number of nitrogens with zero attached hydrogens (tertiary/aromatic N) is 3. The Kier molecular flexibility index (Phi) is 7.27. The van der Waals surface area contributed by atoms with Crippen LogP contribution in [0, 0.1) is 0 Å². The first-order chi connectivity index (χ1) is 15.6. The highest BCUT2D eigenvalue weighted by Crippen LogP contribution is 2.42. The SMILES string of the molecule is C=NCCC(=O)Nc1cc(-c2n[nH]nc2-c2cc(OC)c(OC)c(OC)c2)ccc1OC. The predicted octanol–water partition coefficient (Wildman–Crippen LogP) is 3.20. The average molecular weight is 439 g/mol. The molecule has 0 aliphatic carbocycles. The zero-order chi connectivity index (χ0) is 23.1. The lowest BCUT2D eigenvalue weighted by atomic mass is 10.0. The van der Waals surface area contributed by atoms with Gasteiger partial charge in [0.2, 0.25) is 11.7 Å². The van der Waals surface area contributed by atoms with Crippen LogP contribution in [0.4, 0.5) is 5.69 Å². The molecule has 2 N–H and O–H groups in total. The Bertz CT molecular complexity index is 1090. The van der Waals surface area contributed by atoms with Gasteiger partial charge in [-0.2, -0.15) is 15.4 Å². The summed E-state index contributed by atoms with van der Waals surface area (Å²) in [4.78, 5) is 15.9. The third-order valence-corrected chi connectivity index (χ3v) is 4.73. The molecular weight excluding hydrogens is 414 g/mol. The van der Waals surface area contributed by atoms with Gasteiger partial charge in [0.25, 0.3) is 0 Å². The van der Waals surface area contributed by atoms with E-state index in [0.29, 0.717) is 52.2 Å². The first-order valence-corrected chi connectivity index (χ1v) is 9.68. The number of aliphatic imine (C=N–C) groups is 1. The summed E-state index contributed by atoms with van der Waals surface area (Å²) in [5, 5.41) is 14.1. The Hall–Kier alpha value is -4.08. The van der Waals surface area contributed by atoms with Crippen molar-refractivity contribution in [3.05, 3.63) is 30.3 Å². The van der Waals surface area contributed by atoms with Gasteiger partial charge in [-0.05, 0) is 37.0 Å². The number of carbonyl (C=O) groups excluding carboxylic acids is 1. The van der Waals surface area contributed by atoms with Gasteiger partial charge in [-0.3, -0.25) is 4.79 Å². The molecular formula is C22H25N5O5. The van der Waals surface area contributed by atoms with E-state index in [0.717, 1.165) is 5.56 Å². The van der Waals surface area contributed by atoms with E-state index in [-0.39, 0.29) is 12.3 Å². The molecule has 0 atom stereocenters. The maximum Gasteiger partial charge on any atom is 0.226 e. The van der Waals surface area contributed by atoms with Crippen molar-refractivity contribution in [3.8, 4) is 45.5 Å². The fraction of sp³-hybridized carbons (Fsp3) is 0.273. The number of aromatic nitrogens is 3. The number of H-pyrrole nitrogens is 1. The van der Waals surface area contributed by atoms with Crippen LogP contribution in [0.1, 0.15) is 6.42 Å². The van der Waals surface area contributed by atoms with Gasteiger partial charge in [-0.15, -0.1) is 0 Å². The van der Waals surface area contributed by atoms with E-state index in [9.17, 15) is 4.79 Å². The molecule has 2 aromatic carbocycles. The second-order valence-corrected chi connectivity index (χ2v) is 6.60. The number of nitrogens with one attached hydrogen (secondary N) is 2. The van der Waals surface area contributed by atoms with Crippen molar-refractivity contribution in [2.45, 2.75) is 6.42 Å². The molecule has 0 saturated carbocycles. The molecule has 0 saturated heterocycles. The van der Waals surface area contributed by atoms with Crippen molar-refractivity contribution < 1.29 is 23.7 Å². The van der Waals surface area contributed by atoms with Crippen LogP contribution < -0.4 is 24.3 Å². The Labute approximate surface area is 185 Å². The Morgan fingerprint density at radius 3 is 2.12 bits per heavy atom. The van der Waals surface area contributed by atoms with Gasteiger partial charge in [-0.1, -0.05) is 0 Å². The predicted molar refractivity (Wildman–Crippen MR) is 121 cm³/mol. The number of aromatic amines is 1. The van der Waals surface area contributed by atoms with Crippen molar-refractivity contribution in [1.29, 1.82) is 0 Å². The quantitative estimate of drug-likeness (QED) is 0.466. The van der Waals surface area contributed by atoms with Gasteiger partial charge in [0.05, 0.1) is 34.1 Å². The Balaban J connectivity index is 2.04. The number of benzene rings is 2. The summed E-state index contributed by atoms with van der Waals surface area (Å²) < 4.78 is 21.7. The second-order valence-electron chi connectivity index (χ2n) is 6.60. The van der Waals surface area contributed by atoms with Crippen LogP contribution in [0.3, 0.4) is 0 Å². The summed E-state index contributed by atoms with van der Waals surface area (Å²) in [5.41, 5.74) is 3.09. The van der Waals surface area contributed by atoms with Gasteiger partial charge in [-0.25, -0.2) is 0 Å². The molecule has 1 heterocycles. The number of carbonyl (C=O) groups is 1. The van der Waals surface area contributed by atoms with Crippen LogP contribution in [0.25, 0.3) is 22.5 Å². The minimum absolute atomic E-state index is 0.196. The van der Waals surface area contributed by atoms with Gasteiger partial charge >= 0.3 is 0 Å². The minimum atomic E-state index is -0.196. The Morgan fingerprint density at radius 2 is 1.56 bits per heavy atom. The third kappa shape index (κ3) is 4.64. The monoisotopic (exact) mass is 439 g/mol. The summed E-state index contributed by atoms with van der Waals surface area (Å²) in [6.07, 6.45) is 0.220. The van der Waals surface area contributed by atoms with Gasteiger partial charge in [0, 0.05) is 24.1 Å². The highest BCUT2D eigenvalue weighted by molar-refractivity contribution is 5.94. The molecule has 0 spiro atoms. The first kappa shape index (κ1) is 22.6. The van der Waals surface area contributed by atoms with Gasteiger partial charge < -0.3 is 29.3 Å². The van der Waals surface area contributed by atoms with Crippen LogP contribution in [0.5, 0.6) is 23.0 Å². The molecule has 0 fully saturated rings. The Morgan fingerprint density at radius 1 is 0.938 bits per heavy atom. The maximum absolute atomic E-state index is 12.2. The lowest BCUT2D eigenvalue weighted by Gasteiger charge is -2.14. The van der Waals surface area contributed by atoms with Crippen LogP contribution in [0.2, 0.25) is 0 Å². The molecule has 1 amide bonds. The van der Waals surface area contributed by atoms with E-state index in [2.05, 4.69) is 32.4 Å². The topological polar surface area (TPSA) is 120 Å². The molecule has 10 heteroatoms. The number of rotatable bonds is 10. The van der Waals surface area contributed by atoms with E-state index in [4.69, 9.17) is 18.9 Å². The van der Waals surface area contributed by atoms with E-state index in [1.54, 1.807) is 45.6 Å². The summed E-state index contributed by atoms with van der Waals surface area (Å²) in [7, 11) is 6.17.